The predicted octanol–water partition coefficient (Wildman–Crippen LogP) is -0.267. The van der Waals surface area contributed by atoms with Gasteiger partial charge >= 0.3 is 0 Å². The van der Waals surface area contributed by atoms with Crippen molar-refractivity contribution in [2.75, 3.05) is 26.2 Å². The van der Waals surface area contributed by atoms with Crippen LogP contribution in [0.4, 0.5) is 0 Å². The van der Waals surface area contributed by atoms with E-state index in [4.69, 9.17) is 0 Å². The number of hydrogen-bond acceptors (Lipinski definition) is 4. The fraction of sp³-hybridized carbons (Fsp3) is 0.900. The van der Waals surface area contributed by atoms with Crippen LogP contribution in [-0.4, -0.2) is 49.4 Å². The Morgan fingerprint density at radius 3 is 2.19 bits per heavy atom. The number of rotatable bonds is 3. The number of piperazine rings is 1. The van der Waals surface area contributed by atoms with E-state index >= 15 is 0 Å². The maximum Gasteiger partial charge on any atom is 0.227 e. The molecule has 5 nitrogen and oxygen atoms in total. The molecule has 6 heteroatoms. The molecule has 1 aliphatic heterocycles. The van der Waals surface area contributed by atoms with Crippen molar-refractivity contribution in [1.82, 2.24) is 9.62 Å². The SMILES string of the molecule is CC(=O)C1(S(=O)(=O)N2CCNCC2)CCC1. The first-order valence-electron chi connectivity index (χ1n) is 5.72. The highest BCUT2D eigenvalue weighted by molar-refractivity contribution is 7.91. The molecule has 0 radical (unpaired) electrons. The number of nitrogens with zero attached hydrogens (tertiary/aromatic N) is 1. The van der Waals surface area contributed by atoms with Crippen molar-refractivity contribution < 1.29 is 13.2 Å². The molecule has 0 aromatic heterocycles. The molecular weight excluding hydrogens is 228 g/mol. The quantitative estimate of drug-likeness (QED) is 0.744. The largest absolute Gasteiger partial charge is 0.314 e. The highest BCUT2D eigenvalue weighted by Crippen LogP contribution is 2.41. The molecule has 2 fully saturated rings. The third kappa shape index (κ3) is 1.59. The van der Waals surface area contributed by atoms with Crippen molar-refractivity contribution in [2.45, 2.75) is 30.9 Å². The second kappa shape index (κ2) is 4.09. The summed E-state index contributed by atoms with van der Waals surface area (Å²) in [6.45, 7) is 3.72. The van der Waals surface area contributed by atoms with E-state index < -0.39 is 14.8 Å². The summed E-state index contributed by atoms with van der Waals surface area (Å²) in [6.07, 6.45) is 1.83. The zero-order chi connectivity index (χ0) is 11.8. The second-order valence-electron chi connectivity index (χ2n) is 4.56. The third-order valence-electron chi connectivity index (χ3n) is 3.71. The highest BCUT2D eigenvalue weighted by atomic mass is 32.2. The van der Waals surface area contributed by atoms with Crippen LogP contribution in [0.25, 0.3) is 0 Å². The first kappa shape index (κ1) is 12.0. The van der Waals surface area contributed by atoms with Gasteiger partial charge in [0.15, 0.2) is 5.78 Å². The molecule has 1 aliphatic carbocycles. The normalized spacial score (nSPS) is 26.1. The molecule has 1 N–H and O–H groups in total. The molecular formula is C10H18N2O3S. The Morgan fingerprint density at radius 2 is 1.81 bits per heavy atom. The topological polar surface area (TPSA) is 66.5 Å². The standard InChI is InChI=1S/C10H18N2O3S/c1-9(13)10(3-2-4-10)16(14,15)12-7-5-11-6-8-12/h11H,2-8H2,1H3. The molecule has 1 heterocycles. The molecule has 92 valence electrons. The molecule has 1 saturated carbocycles. The van der Waals surface area contributed by atoms with Crippen LogP contribution in [0.3, 0.4) is 0 Å². The minimum atomic E-state index is -3.44. The van der Waals surface area contributed by atoms with Crippen molar-refractivity contribution in [3.05, 3.63) is 0 Å². The van der Waals surface area contributed by atoms with Gasteiger partial charge in [0, 0.05) is 26.2 Å². The van der Waals surface area contributed by atoms with Crippen molar-refractivity contribution >= 4 is 15.8 Å². The van der Waals surface area contributed by atoms with E-state index in [1.807, 2.05) is 0 Å². The summed E-state index contributed by atoms with van der Waals surface area (Å²) in [4.78, 5) is 11.6. The lowest BCUT2D eigenvalue weighted by Gasteiger charge is -2.43. The zero-order valence-electron chi connectivity index (χ0n) is 9.53. The molecule has 16 heavy (non-hydrogen) atoms. The minimum Gasteiger partial charge on any atom is -0.314 e. The van der Waals surface area contributed by atoms with E-state index in [0.29, 0.717) is 39.0 Å². The Balaban J connectivity index is 2.26. The number of carbonyl (C=O) groups excluding carboxylic acids is 1. The van der Waals surface area contributed by atoms with Crippen molar-refractivity contribution in [3.8, 4) is 0 Å². The predicted molar refractivity (Wildman–Crippen MR) is 60.6 cm³/mol. The van der Waals surface area contributed by atoms with Gasteiger partial charge in [-0.15, -0.1) is 0 Å². The van der Waals surface area contributed by atoms with Crippen LogP contribution in [0.5, 0.6) is 0 Å². The monoisotopic (exact) mass is 246 g/mol. The average Bonchev–Trinajstić information content (AvgIpc) is 2.16. The van der Waals surface area contributed by atoms with Gasteiger partial charge < -0.3 is 5.32 Å². The molecule has 0 bridgehead atoms. The number of hydrogen-bond donors (Lipinski definition) is 1. The fourth-order valence-corrected chi connectivity index (χ4v) is 4.75. The van der Waals surface area contributed by atoms with Gasteiger partial charge in [-0.1, -0.05) is 0 Å². The van der Waals surface area contributed by atoms with Gasteiger partial charge in [0.2, 0.25) is 10.0 Å². The second-order valence-corrected chi connectivity index (χ2v) is 6.81. The summed E-state index contributed by atoms with van der Waals surface area (Å²) < 4.78 is 25.2. The summed E-state index contributed by atoms with van der Waals surface area (Å²) in [5, 5.41) is 3.11. The molecule has 0 spiro atoms. The molecule has 0 amide bonds. The Labute approximate surface area is 96.2 Å². The Hall–Kier alpha value is -0.460. The van der Waals surface area contributed by atoms with Gasteiger partial charge in [-0.05, 0) is 26.2 Å². The van der Waals surface area contributed by atoms with Gasteiger partial charge in [-0.3, -0.25) is 4.79 Å². The van der Waals surface area contributed by atoms with Crippen LogP contribution < -0.4 is 5.32 Å². The van der Waals surface area contributed by atoms with Gasteiger partial charge in [-0.2, -0.15) is 4.31 Å². The van der Waals surface area contributed by atoms with E-state index in [2.05, 4.69) is 5.32 Å². The first-order chi connectivity index (χ1) is 7.51. The van der Waals surface area contributed by atoms with E-state index in [1.54, 1.807) is 0 Å². The van der Waals surface area contributed by atoms with Crippen LogP contribution in [0, 0.1) is 0 Å². The molecule has 2 aliphatic rings. The summed E-state index contributed by atoms with van der Waals surface area (Å²) in [5.41, 5.74) is 0. The van der Waals surface area contributed by atoms with E-state index in [9.17, 15) is 13.2 Å². The third-order valence-corrected chi connectivity index (χ3v) is 6.44. The van der Waals surface area contributed by atoms with E-state index in [0.717, 1.165) is 6.42 Å². The van der Waals surface area contributed by atoms with Crippen LogP contribution in [0.15, 0.2) is 0 Å². The lowest BCUT2D eigenvalue weighted by Crippen LogP contribution is -2.60. The van der Waals surface area contributed by atoms with E-state index in [-0.39, 0.29) is 5.78 Å². The van der Waals surface area contributed by atoms with Crippen LogP contribution in [-0.2, 0) is 14.8 Å². The molecule has 0 aromatic carbocycles. The number of ketones is 1. The highest BCUT2D eigenvalue weighted by Gasteiger charge is 2.55. The van der Waals surface area contributed by atoms with Crippen LogP contribution >= 0.6 is 0 Å². The summed E-state index contributed by atoms with van der Waals surface area (Å²) in [7, 11) is -3.44. The van der Waals surface area contributed by atoms with Crippen molar-refractivity contribution in [2.24, 2.45) is 0 Å². The summed E-state index contributed by atoms with van der Waals surface area (Å²) >= 11 is 0. The molecule has 2 rings (SSSR count). The molecule has 0 aromatic rings. The zero-order valence-corrected chi connectivity index (χ0v) is 10.3. The lowest BCUT2D eigenvalue weighted by atomic mass is 9.81. The van der Waals surface area contributed by atoms with E-state index in [1.165, 1.54) is 11.2 Å². The van der Waals surface area contributed by atoms with Crippen molar-refractivity contribution in [3.63, 3.8) is 0 Å². The summed E-state index contributed by atoms with van der Waals surface area (Å²) in [6, 6.07) is 0. The molecule has 1 saturated heterocycles. The van der Waals surface area contributed by atoms with Gasteiger partial charge in [-0.25, -0.2) is 8.42 Å². The Bertz CT molecular complexity index is 381. The number of carbonyl (C=O) groups is 1. The van der Waals surface area contributed by atoms with Crippen LogP contribution in [0.2, 0.25) is 0 Å². The van der Waals surface area contributed by atoms with Crippen LogP contribution in [0.1, 0.15) is 26.2 Å². The lowest BCUT2D eigenvalue weighted by molar-refractivity contribution is -0.121. The maximum absolute atomic E-state index is 12.4. The van der Waals surface area contributed by atoms with Crippen molar-refractivity contribution in [1.29, 1.82) is 0 Å². The Morgan fingerprint density at radius 1 is 1.25 bits per heavy atom. The summed E-state index contributed by atoms with van der Waals surface area (Å²) in [5.74, 6) is -0.197. The molecule has 0 atom stereocenters. The fourth-order valence-electron chi connectivity index (χ4n) is 2.42. The smallest absolute Gasteiger partial charge is 0.227 e. The van der Waals surface area contributed by atoms with Gasteiger partial charge in [0.25, 0.3) is 0 Å². The van der Waals surface area contributed by atoms with Gasteiger partial charge in [0.05, 0.1) is 0 Å². The number of nitrogens with one attached hydrogen (secondary N) is 1. The average molecular weight is 246 g/mol. The van der Waals surface area contributed by atoms with Gasteiger partial charge in [0.1, 0.15) is 4.75 Å². The maximum atomic E-state index is 12.4. The number of sulfonamides is 1. The molecule has 0 unspecified atom stereocenters. The number of Topliss-reactive ketones (excluding diaryl/α,β-unsaturated/α-hetero) is 1. The first-order valence-corrected chi connectivity index (χ1v) is 7.16. The Kier molecular flexibility index (Phi) is 3.07. The minimum absolute atomic E-state index is 0.197.